The van der Waals surface area contributed by atoms with E-state index in [1.165, 1.54) is 31.0 Å². The molecule has 0 unspecified atom stereocenters. The minimum Gasteiger partial charge on any atom is -0.493 e. The van der Waals surface area contributed by atoms with Crippen LogP contribution in [0.25, 0.3) is 0 Å². The Kier molecular flexibility index (Phi) is 7.60. The molecule has 2 heterocycles. The molecule has 0 radical (unpaired) electrons. The van der Waals surface area contributed by atoms with Crippen molar-refractivity contribution in [2.45, 2.75) is 33.3 Å². The van der Waals surface area contributed by atoms with E-state index in [1.54, 1.807) is 49.0 Å². The number of para-hydroxylation sites is 1. The second kappa shape index (κ2) is 10.9. The third kappa shape index (κ3) is 5.74. The predicted molar refractivity (Wildman–Crippen MR) is 133 cm³/mol. The van der Waals surface area contributed by atoms with E-state index in [4.69, 9.17) is 14.2 Å². The summed E-state index contributed by atoms with van der Waals surface area (Å²) in [6.45, 7) is 3.55. The number of hydrogen-bond donors (Lipinski definition) is 1. The Morgan fingerprint density at radius 2 is 1.68 bits per heavy atom. The molecule has 0 aliphatic rings. The molecule has 4 aromatic rings. The van der Waals surface area contributed by atoms with Crippen LogP contribution in [0, 0.1) is 13.8 Å². The van der Waals surface area contributed by atoms with Crippen molar-refractivity contribution in [3.8, 4) is 17.2 Å². The molecule has 0 aliphatic carbocycles. The molecule has 0 saturated carbocycles. The van der Waals surface area contributed by atoms with E-state index in [9.17, 15) is 18.0 Å². The SMILES string of the molecule is COc1cccc(OC)c1OCn1ccc(C(=O)Nc2c(C)nn(Cc3cccc(C(F)(F)F)c3)c2C)n1. The molecule has 0 spiro atoms. The van der Waals surface area contributed by atoms with E-state index in [1.807, 2.05) is 0 Å². The maximum atomic E-state index is 13.1. The van der Waals surface area contributed by atoms with Crippen LogP contribution in [0.2, 0.25) is 0 Å². The van der Waals surface area contributed by atoms with Crippen molar-refractivity contribution in [1.29, 1.82) is 0 Å². The van der Waals surface area contributed by atoms with Gasteiger partial charge in [0.05, 0.1) is 43.4 Å². The quantitative estimate of drug-likeness (QED) is 0.326. The van der Waals surface area contributed by atoms with Gasteiger partial charge in [0, 0.05) is 6.20 Å². The average molecular weight is 530 g/mol. The molecule has 0 fully saturated rings. The smallest absolute Gasteiger partial charge is 0.416 e. The van der Waals surface area contributed by atoms with Crippen molar-refractivity contribution in [3.63, 3.8) is 0 Å². The highest BCUT2D eigenvalue weighted by molar-refractivity contribution is 6.03. The fraction of sp³-hybridized carbons (Fsp3) is 0.269. The number of nitrogens with zero attached hydrogens (tertiary/aromatic N) is 4. The molecule has 12 heteroatoms. The minimum atomic E-state index is -4.43. The van der Waals surface area contributed by atoms with Gasteiger partial charge in [-0.15, -0.1) is 0 Å². The Balaban J connectivity index is 1.45. The van der Waals surface area contributed by atoms with Gasteiger partial charge in [0.15, 0.2) is 23.9 Å². The van der Waals surface area contributed by atoms with Crippen LogP contribution in [0.1, 0.15) is 33.0 Å². The molecule has 0 atom stereocenters. The number of hydrogen-bond acceptors (Lipinski definition) is 6. The molecule has 0 bridgehead atoms. The van der Waals surface area contributed by atoms with Crippen LogP contribution in [-0.2, 0) is 19.5 Å². The molecule has 9 nitrogen and oxygen atoms in total. The van der Waals surface area contributed by atoms with E-state index in [0.29, 0.717) is 39.9 Å². The maximum Gasteiger partial charge on any atom is 0.416 e. The zero-order valence-corrected chi connectivity index (χ0v) is 21.2. The van der Waals surface area contributed by atoms with E-state index in [-0.39, 0.29) is 19.0 Å². The monoisotopic (exact) mass is 529 g/mol. The van der Waals surface area contributed by atoms with Gasteiger partial charge in [-0.2, -0.15) is 23.4 Å². The van der Waals surface area contributed by atoms with Crippen molar-refractivity contribution in [1.82, 2.24) is 19.6 Å². The van der Waals surface area contributed by atoms with Gasteiger partial charge >= 0.3 is 6.18 Å². The number of aryl methyl sites for hydroxylation is 1. The first-order valence-electron chi connectivity index (χ1n) is 11.5. The molecule has 38 heavy (non-hydrogen) atoms. The summed E-state index contributed by atoms with van der Waals surface area (Å²) in [6, 6.07) is 11.8. The van der Waals surface area contributed by atoms with Gasteiger partial charge in [-0.3, -0.25) is 9.48 Å². The van der Waals surface area contributed by atoms with Crippen LogP contribution < -0.4 is 19.5 Å². The lowest BCUT2D eigenvalue weighted by Gasteiger charge is -2.13. The summed E-state index contributed by atoms with van der Waals surface area (Å²) >= 11 is 0. The fourth-order valence-corrected chi connectivity index (χ4v) is 3.87. The summed E-state index contributed by atoms with van der Waals surface area (Å²) < 4.78 is 58.6. The number of benzene rings is 2. The largest absolute Gasteiger partial charge is 0.493 e. The summed E-state index contributed by atoms with van der Waals surface area (Å²) in [5, 5.41) is 11.5. The fourth-order valence-electron chi connectivity index (χ4n) is 3.87. The Hall–Kier alpha value is -4.48. The van der Waals surface area contributed by atoms with E-state index in [2.05, 4.69) is 15.5 Å². The first-order valence-corrected chi connectivity index (χ1v) is 11.5. The van der Waals surface area contributed by atoms with E-state index < -0.39 is 17.6 Å². The Morgan fingerprint density at radius 1 is 1.00 bits per heavy atom. The lowest BCUT2D eigenvalue weighted by Crippen LogP contribution is -2.15. The van der Waals surface area contributed by atoms with Crippen molar-refractivity contribution in [2.75, 3.05) is 19.5 Å². The van der Waals surface area contributed by atoms with Gasteiger partial charge in [0.1, 0.15) is 0 Å². The highest BCUT2D eigenvalue weighted by Crippen LogP contribution is 2.37. The van der Waals surface area contributed by atoms with Crippen molar-refractivity contribution in [3.05, 3.63) is 82.9 Å². The molecule has 0 saturated heterocycles. The lowest BCUT2D eigenvalue weighted by molar-refractivity contribution is -0.137. The molecule has 2 aromatic heterocycles. The van der Waals surface area contributed by atoms with Crippen molar-refractivity contribution >= 4 is 11.6 Å². The summed E-state index contributed by atoms with van der Waals surface area (Å²) in [5.41, 5.74) is 1.44. The van der Waals surface area contributed by atoms with Gasteiger partial charge in [-0.1, -0.05) is 18.2 Å². The number of ether oxygens (including phenoxy) is 3. The molecule has 1 N–H and O–H groups in total. The summed E-state index contributed by atoms with van der Waals surface area (Å²) in [6.07, 6.45) is -2.84. The standard InChI is InChI=1S/C26H26F3N5O4/c1-16-23(17(2)34(31-16)14-18-7-5-8-19(13-18)26(27,28)29)30-25(35)20-11-12-33(32-20)15-38-24-21(36-3)9-6-10-22(24)37-4/h5-13H,14-15H2,1-4H3,(H,30,35). The first kappa shape index (κ1) is 26.6. The molecule has 200 valence electrons. The average Bonchev–Trinajstić information content (AvgIpc) is 3.47. The van der Waals surface area contributed by atoms with Crippen LogP contribution >= 0.6 is 0 Å². The first-order chi connectivity index (χ1) is 18.1. The van der Waals surface area contributed by atoms with Gasteiger partial charge in [-0.25, -0.2) is 4.68 Å². The van der Waals surface area contributed by atoms with Crippen LogP contribution in [0.4, 0.5) is 18.9 Å². The van der Waals surface area contributed by atoms with Gasteiger partial charge in [0.2, 0.25) is 5.75 Å². The number of halogens is 3. The summed E-state index contributed by atoms with van der Waals surface area (Å²) in [7, 11) is 3.04. The second-order valence-corrected chi connectivity index (χ2v) is 8.36. The van der Waals surface area contributed by atoms with Crippen molar-refractivity contribution < 1.29 is 32.2 Å². The Bertz CT molecular complexity index is 1420. The minimum absolute atomic E-state index is 0.00299. The summed E-state index contributed by atoms with van der Waals surface area (Å²) in [4.78, 5) is 12.9. The number of aromatic nitrogens is 4. The topological polar surface area (TPSA) is 92.4 Å². The molecule has 4 rings (SSSR count). The molecule has 0 aliphatic heterocycles. The highest BCUT2D eigenvalue weighted by Gasteiger charge is 2.30. The lowest BCUT2D eigenvalue weighted by atomic mass is 10.1. The zero-order chi connectivity index (χ0) is 27.4. The van der Waals surface area contributed by atoms with Crippen molar-refractivity contribution in [2.24, 2.45) is 0 Å². The third-order valence-electron chi connectivity index (χ3n) is 5.80. The van der Waals surface area contributed by atoms with E-state index >= 15 is 0 Å². The predicted octanol–water partition coefficient (Wildman–Crippen LogP) is 5.07. The van der Waals surface area contributed by atoms with Crippen LogP contribution in [0.15, 0.2) is 54.7 Å². The Labute approximate surface area is 216 Å². The normalized spacial score (nSPS) is 11.3. The van der Waals surface area contributed by atoms with Crippen LogP contribution in [-0.4, -0.2) is 39.7 Å². The zero-order valence-electron chi connectivity index (χ0n) is 21.2. The van der Waals surface area contributed by atoms with Gasteiger partial charge < -0.3 is 19.5 Å². The van der Waals surface area contributed by atoms with Gasteiger partial charge in [-0.05, 0) is 49.7 Å². The second-order valence-electron chi connectivity index (χ2n) is 8.36. The molecule has 2 aromatic carbocycles. The number of amides is 1. The highest BCUT2D eigenvalue weighted by atomic mass is 19.4. The number of rotatable bonds is 9. The molecular weight excluding hydrogens is 503 g/mol. The van der Waals surface area contributed by atoms with Gasteiger partial charge in [0.25, 0.3) is 5.91 Å². The molecular formula is C26H26F3N5O4. The Morgan fingerprint density at radius 3 is 2.34 bits per heavy atom. The maximum absolute atomic E-state index is 13.1. The molecule has 1 amide bonds. The number of nitrogens with one attached hydrogen (secondary N) is 1. The number of anilines is 1. The van der Waals surface area contributed by atoms with E-state index in [0.717, 1.165) is 12.1 Å². The third-order valence-corrected chi connectivity index (χ3v) is 5.80. The summed E-state index contributed by atoms with van der Waals surface area (Å²) in [5.74, 6) is 0.909. The number of methoxy groups -OCH3 is 2. The van der Waals surface area contributed by atoms with Crippen LogP contribution in [0.5, 0.6) is 17.2 Å². The number of carbonyl (C=O) groups is 1. The number of carbonyl (C=O) groups excluding carboxylic acids is 1. The number of alkyl halides is 3. The van der Waals surface area contributed by atoms with Crippen LogP contribution in [0.3, 0.4) is 0 Å².